The van der Waals surface area contributed by atoms with Crippen molar-refractivity contribution < 1.29 is 9.90 Å². The van der Waals surface area contributed by atoms with Gasteiger partial charge >= 0.3 is 0 Å². The smallest absolute Gasteiger partial charge is 0.226 e. The number of hydrogen-bond acceptors (Lipinski definition) is 6. The summed E-state index contributed by atoms with van der Waals surface area (Å²) < 4.78 is 0. The van der Waals surface area contributed by atoms with Gasteiger partial charge in [0.15, 0.2) is 0 Å². The molecule has 28 heavy (non-hydrogen) atoms. The highest BCUT2D eigenvalue weighted by molar-refractivity contribution is 7.10. The number of thiophene rings is 1. The molecule has 0 aromatic carbocycles. The molecule has 1 aliphatic heterocycles. The van der Waals surface area contributed by atoms with Crippen LogP contribution < -0.4 is 5.32 Å². The van der Waals surface area contributed by atoms with Crippen molar-refractivity contribution in [3.8, 4) is 0 Å². The number of H-pyrrole nitrogens is 1. The van der Waals surface area contributed by atoms with E-state index in [0.29, 0.717) is 25.2 Å². The molecule has 7 nitrogen and oxygen atoms in total. The fourth-order valence-corrected chi connectivity index (χ4v) is 5.28. The number of carbonyl (C=O) groups excluding carboxylic acids is 1. The summed E-state index contributed by atoms with van der Waals surface area (Å²) in [5.41, 5.74) is 2.04. The first kappa shape index (κ1) is 17.6. The summed E-state index contributed by atoms with van der Waals surface area (Å²) >= 11 is 1.78. The molecule has 1 amide bonds. The summed E-state index contributed by atoms with van der Waals surface area (Å²) in [6, 6.07) is 3.85. The van der Waals surface area contributed by atoms with Crippen LogP contribution in [0.15, 0.2) is 30.0 Å². The Morgan fingerprint density at radius 1 is 1.32 bits per heavy atom. The topological polar surface area (TPSA) is 94.1 Å². The van der Waals surface area contributed by atoms with Crippen LogP contribution in [0.1, 0.15) is 29.7 Å². The zero-order valence-corrected chi connectivity index (χ0v) is 16.3. The van der Waals surface area contributed by atoms with E-state index in [2.05, 4.69) is 31.7 Å². The van der Waals surface area contributed by atoms with Crippen molar-refractivity contribution in [2.45, 2.75) is 44.4 Å². The molecular weight excluding hydrogens is 374 g/mol. The lowest BCUT2D eigenvalue weighted by Gasteiger charge is -2.37. The van der Waals surface area contributed by atoms with Crippen LogP contribution in [0.25, 0.3) is 11.0 Å². The second kappa shape index (κ2) is 7.18. The Bertz CT molecular complexity index is 999. The molecule has 1 saturated carbocycles. The first-order valence-electron chi connectivity index (χ1n) is 9.76. The highest BCUT2D eigenvalue weighted by Crippen LogP contribution is 2.32. The van der Waals surface area contributed by atoms with Gasteiger partial charge in [-0.05, 0) is 48.8 Å². The largest absolute Gasteiger partial charge is 0.391 e. The van der Waals surface area contributed by atoms with Crippen molar-refractivity contribution in [1.82, 2.24) is 19.9 Å². The van der Waals surface area contributed by atoms with E-state index in [4.69, 9.17) is 0 Å². The fraction of sp³-hybridized carbons (Fsp3) is 0.450. The Labute approximate surface area is 166 Å². The van der Waals surface area contributed by atoms with Crippen molar-refractivity contribution in [2.75, 3.05) is 11.9 Å². The number of aromatic nitrogens is 3. The molecule has 3 N–H and O–H groups in total. The molecule has 8 heteroatoms. The van der Waals surface area contributed by atoms with Crippen LogP contribution in [-0.2, 0) is 17.8 Å². The standard InChI is InChI=1S/C20H23N5O2S/c26-16-2-1-12(20(27)25-7-4-17-13(10-25)5-8-28-17)9-15(16)24-19-14-3-6-21-18(14)22-11-23-19/h3,5-6,8,11-12,15-16,26H,1-2,4,7,9-10H2,(H2,21,22,23,24)/t12-,15+,16+/m0/s1. The number of aliphatic hydroxyl groups excluding tert-OH is 1. The van der Waals surface area contributed by atoms with E-state index in [1.807, 2.05) is 17.2 Å². The SMILES string of the molecule is O=C([C@H]1CC[C@@H](O)[C@H](Nc2ncnc3[nH]ccc23)C1)N1CCc2sccc2C1. The Kier molecular flexibility index (Phi) is 4.52. The summed E-state index contributed by atoms with van der Waals surface area (Å²) in [6.07, 6.45) is 5.75. The molecule has 0 bridgehead atoms. The predicted molar refractivity (Wildman–Crippen MR) is 108 cm³/mol. The molecule has 0 radical (unpaired) electrons. The van der Waals surface area contributed by atoms with Gasteiger partial charge in [0.05, 0.1) is 17.5 Å². The van der Waals surface area contributed by atoms with Gasteiger partial charge in [-0.15, -0.1) is 11.3 Å². The minimum absolute atomic E-state index is 0.0651. The van der Waals surface area contributed by atoms with Gasteiger partial charge < -0.3 is 20.3 Å². The lowest BCUT2D eigenvalue weighted by atomic mass is 9.82. The molecule has 0 spiro atoms. The number of hydrogen-bond donors (Lipinski definition) is 3. The van der Waals surface area contributed by atoms with Gasteiger partial charge in [-0.2, -0.15) is 0 Å². The number of aromatic amines is 1. The fourth-order valence-electron chi connectivity index (χ4n) is 4.39. The van der Waals surface area contributed by atoms with Crippen LogP contribution in [0.3, 0.4) is 0 Å². The third-order valence-corrected chi connectivity index (χ3v) is 6.98. The molecular formula is C20H23N5O2S. The van der Waals surface area contributed by atoms with Crippen molar-refractivity contribution in [2.24, 2.45) is 5.92 Å². The maximum Gasteiger partial charge on any atom is 0.226 e. The van der Waals surface area contributed by atoms with Gasteiger partial charge in [-0.3, -0.25) is 4.79 Å². The Balaban J connectivity index is 1.30. The van der Waals surface area contributed by atoms with Gasteiger partial charge in [0.2, 0.25) is 5.91 Å². The number of carbonyl (C=O) groups is 1. The number of rotatable bonds is 3. The van der Waals surface area contributed by atoms with E-state index >= 15 is 0 Å². The summed E-state index contributed by atoms with van der Waals surface area (Å²) in [7, 11) is 0. The van der Waals surface area contributed by atoms with E-state index in [9.17, 15) is 9.90 Å². The normalized spacial score (nSPS) is 24.9. The quantitative estimate of drug-likeness (QED) is 0.631. The summed E-state index contributed by atoms with van der Waals surface area (Å²) in [4.78, 5) is 28.2. The number of anilines is 1. The van der Waals surface area contributed by atoms with Crippen molar-refractivity contribution in [3.63, 3.8) is 0 Å². The van der Waals surface area contributed by atoms with Crippen LogP contribution in [-0.4, -0.2) is 49.6 Å². The highest BCUT2D eigenvalue weighted by atomic mass is 32.1. The lowest BCUT2D eigenvalue weighted by Crippen LogP contribution is -2.46. The lowest BCUT2D eigenvalue weighted by molar-refractivity contribution is -0.138. The number of nitrogens with one attached hydrogen (secondary N) is 2. The molecule has 1 aliphatic carbocycles. The molecule has 3 aromatic heterocycles. The molecule has 146 valence electrons. The van der Waals surface area contributed by atoms with Crippen LogP contribution in [0.5, 0.6) is 0 Å². The minimum atomic E-state index is -0.488. The molecule has 0 unspecified atom stereocenters. The second-order valence-corrected chi connectivity index (χ2v) is 8.67. The molecule has 3 aromatic rings. The number of amides is 1. The van der Waals surface area contributed by atoms with Gasteiger partial charge in [0.25, 0.3) is 0 Å². The van der Waals surface area contributed by atoms with Crippen LogP contribution in [0.4, 0.5) is 5.82 Å². The van der Waals surface area contributed by atoms with E-state index < -0.39 is 6.10 Å². The number of nitrogens with zero attached hydrogens (tertiary/aromatic N) is 3. The van der Waals surface area contributed by atoms with Crippen molar-refractivity contribution >= 4 is 34.1 Å². The summed E-state index contributed by atoms with van der Waals surface area (Å²) in [5.74, 6) is 0.846. The number of fused-ring (bicyclic) bond motifs is 2. The maximum atomic E-state index is 13.1. The van der Waals surface area contributed by atoms with E-state index in [-0.39, 0.29) is 17.9 Å². The molecule has 1 fully saturated rings. The van der Waals surface area contributed by atoms with Gasteiger partial charge in [0.1, 0.15) is 17.8 Å². The van der Waals surface area contributed by atoms with Crippen molar-refractivity contribution in [1.29, 1.82) is 0 Å². The molecule has 3 atom stereocenters. The Hall–Kier alpha value is -2.45. The van der Waals surface area contributed by atoms with Gasteiger partial charge in [-0.25, -0.2) is 9.97 Å². The first-order valence-corrected chi connectivity index (χ1v) is 10.6. The van der Waals surface area contributed by atoms with E-state index in [0.717, 1.165) is 30.4 Å². The zero-order valence-electron chi connectivity index (χ0n) is 15.5. The average Bonchev–Trinajstić information content (AvgIpc) is 3.38. The monoisotopic (exact) mass is 397 g/mol. The van der Waals surface area contributed by atoms with Crippen LogP contribution >= 0.6 is 11.3 Å². The highest BCUT2D eigenvalue weighted by Gasteiger charge is 2.36. The van der Waals surface area contributed by atoms with Crippen molar-refractivity contribution in [3.05, 3.63) is 40.5 Å². The molecule has 4 heterocycles. The Morgan fingerprint density at radius 2 is 2.25 bits per heavy atom. The van der Waals surface area contributed by atoms with Crippen LogP contribution in [0, 0.1) is 5.92 Å². The van der Waals surface area contributed by atoms with Crippen LogP contribution in [0.2, 0.25) is 0 Å². The van der Waals surface area contributed by atoms with Gasteiger partial charge in [-0.1, -0.05) is 0 Å². The third kappa shape index (κ3) is 3.16. The summed E-state index contributed by atoms with van der Waals surface area (Å²) in [5, 5.41) is 16.9. The second-order valence-electron chi connectivity index (χ2n) is 7.67. The minimum Gasteiger partial charge on any atom is -0.391 e. The predicted octanol–water partition coefficient (Wildman–Crippen LogP) is 2.55. The molecule has 0 saturated heterocycles. The summed E-state index contributed by atoms with van der Waals surface area (Å²) in [6.45, 7) is 1.50. The van der Waals surface area contributed by atoms with E-state index in [1.54, 1.807) is 11.3 Å². The van der Waals surface area contributed by atoms with E-state index in [1.165, 1.54) is 16.8 Å². The molecule has 2 aliphatic rings. The average molecular weight is 398 g/mol. The molecule has 5 rings (SSSR count). The van der Waals surface area contributed by atoms with Gasteiger partial charge in [0, 0.05) is 30.1 Å². The Morgan fingerprint density at radius 3 is 3.18 bits per heavy atom. The number of aliphatic hydroxyl groups is 1. The maximum absolute atomic E-state index is 13.1. The third-order valence-electron chi connectivity index (χ3n) is 5.96. The zero-order chi connectivity index (χ0) is 19.1. The first-order chi connectivity index (χ1) is 13.7.